The Balaban J connectivity index is 0.00000450. The Kier molecular flexibility index (Phi) is 13.1. The minimum Gasteiger partial charge on any atom is -0.493 e. The number of hydrogen-bond donors (Lipinski definition) is 1. The quantitative estimate of drug-likeness (QED) is 0.268. The molecule has 0 aromatic heterocycles. The number of ether oxygens (including phenoxy) is 3. The topological polar surface area (TPSA) is 58.6 Å². The summed E-state index contributed by atoms with van der Waals surface area (Å²) in [4.78, 5) is 9.63. The van der Waals surface area contributed by atoms with Crippen molar-refractivity contribution in [1.29, 1.82) is 0 Å². The zero-order valence-electron chi connectivity index (χ0n) is 19.1. The predicted octanol–water partition coefficient (Wildman–Crippen LogP) is 2.87. The highest BCUT2D eigenvalue weighted by atomic mass is 127. The number of nitrogens with one attached hydrogen (secondary N) is 1. The van der Waals surface area contributed by atoms with E-state index in [0.29, 0.717) is 6.04 Å². The van der Waals surface area contributed by atoms with Crippen LogP contribution < -0.4 is 14.8 Å². The van der Waals surface area contributed by atoms with Crippen molar-refractivity contribution in [2.75, 3.05) is 67.7 Å². The van der Waals surface area contributed by atoms with E-state index < -0.39 is 0 Å². The van der Waals surface area contributed by atoms with E-state index in [-0.39, 0.29) is 24.0 Å². The molecular formula is C22H39IN4O3. The predicted molar refractivity (Wildman–Crippen MR) is 134 cm³/mol. The highest BCUT2D eigenvalue weighted by molar-refractivity contribution is 14.0. The summed E-state index contributed by atoms with van der Waals surface area (Å²) in [7, 11) is 7.19. The lowest BCUT2D eigenvalue weighted by atomic mass is 10.1. The molecule has 0 radical (unpaired) electrons. The van der Waals surface area contributed by atoms with Gasteiger partial charge in [0.05, 0.1) is 27.4 Å². The van der Waals surface area contributed by atoms with Crippen LogP contribution in [0.3, 0.4) is 0 Å². The summed E-state index contributed by atoms with van der Waals surface area (Å²) in [5.74, 6) is 2.49. The molecule has 0 spiro atoms. The largest absolute Gasteiger partial charge is 0.493 e. The van der Waals surface area contributed by atoms with E-state index in [0.717, 1.165) is 63.2 Å². The van der Waals surface area contributed by atoms with Gasteiger partial charge in [-0.15, -0.1) is 24.0 Å². The van der Waals surface area contributed by atoms with Crippen LogP contribution in [0.2, 0.25) is 0 Å². The zero-order valence-corrected chi connectivity index (χ0v) is 21.5. The third-order valence-corrected chi connectivity index (χ3v) is 5.41. The fraction of sp³-hybridized carbons (Fsp3) is 0.682. The Morgan fingerprint density at radius 3 is 2.67 bits per heavy atom. The van der Waals surface area contributed by atoms with Gasteiger partial charge in [-0.1, -0.05) is 6.07 Å². The van der Waals surface area contributed by atoms with Crippen molar-refractivity contribution in [1.82, 2.24) is 15.1 Å². The molecule has 1 unspecified atom stereocenters. The minimum absolute atomic E-state index is 0. The van der Waals surface area contributed by atoms with E-state index >= 15 is 0 Å². The molecular weight excluding hydrogens is 495 g/mol. The van der Waals surface area contributed by atoms with Gasteiger partial charge in [0.1, 0.15) is 0 Å². The number of aliphatic imine (C=N–C) groups is 1. The Labute approximate surface area is 199 Å². The van der Waals surface area contributed by atoms with E-state index in [4.69, 9.17) is 19.2 Å². The zero-order chi connectivity index (χ0) is 21.1. The molecule has 0 aliphatic carbocycles. The second kappa shape index (κ2) is 14.7. The fourth-order valence-corrected chi connectivity index (χ4v) is 3.71. The Hall–Kier alpha value is -1.26. The van der Waals surface area contributed by atoms with Crippen LogP contribution in [0.1, 0.15) is 25.3 Å². The van der Waals surface area contributed by atoms with Crippen molar-refractivity contribution in [3.8, 4) is 11.5 Å². The summed E-state index contributed by atoms with van der Waals surface area (Å²) in [6.45, 7) is 7.59. The lowest BCUT2D eigenvalue weighted by molar-refractivity contribution is 0.142. The standard InChI is InChI=1S/C22H38N4O3.HI/c1-6-23-22(24-17-19-8-7-12-26(19)14-15-27-3)25(2)13-11-18-9-10-20(28-4)21(16-18)29-5;/h9-10,16,19H,6-8,11-15,17H2,1-5H3,(H,23,24);1H. The summed E-state index contributed by atoms with van der Waals surface area (Å²) in [6, 6.07) is 6.61. The van der Waals surface area contributed by atoms with Crippen LogP contribution in [0, 0.1) is 0 Å². The average Bonchev–Trinajstić information content (AvgIpc) is 3.20. The first-order chi connectivity index (χ1) is 14.1. The Morgan fingerprint density at radius 1 is 1.23 bits per heavy atom. The average molecular weight is 534 g/mol. The molecule has 30 heavy (non-hydrogen) atoms. The van der Waals surface area contributed by atoms with Crippen molar-refractivity contribution < 1.29 is 14.2 Å². The molecule has 7 nitrogen and oxygen atoms in total. The van der Waals surface area contributed by atoms with E-state index in [9.17, 15) is 0 Å². The molecule has 0 saturated carbocycles. The molecule has 1 aromatic carbocycles. The molecule has 8 heteroatoms. The Bertz CT molecular complexity index is 645. The van der Waals surface area contributed by atoms with E-state index in [1.807, 2.05) is 12.1 Å². The SMILES string of the molecule is CCNC(=NCC1CCCN1CCOC)N(C)CCc1ccc(OC)c(OC)c1.I. The number of methoxy groups -OCH3 is 3. The molecule has 1 N–H and O–H groups in total. The summed E-state index contributed by atoms with van der Waals surface area (Å²) in [5, 5.41) is 3.43. The number of nitrogens with zero attached hydrogens (tertiary/aromatic N) is 3. The first-order valence-electron chi connectivity index (χ1n) is 10.6. The maximum absolute atomic E-state index is 5.41. The maximum atomic E-state index is 5.41. The number of likely N-dealkylation sites (tertiary alicyclic amines) is 1. The van der Waals surface area contributed by atoms with E-state index in [2.05, 4.69) is 35.2 Å². The van der Waals surface area contributed by atoms with Gasteiger partial charge >= 0.3 is 0 Å². The smallest absolute Gasteiger partial charge is 0.193 e. The molecule has 1 aromatic rings. The molecule has 0 amide bonds. The number of rotatable bonds is 11. The van der Waals surface area contributed by atoms with Gasteiger partial charge < -0.3 is 24.4 Å². The lowest BCUT2D eigenvalue weighted by Crippen LogP contribution is -2.41. The van der Waals surface area contributed by atoms with E-state index in [1.54, 1.807) is 21.3 Å². The molecule has 172 valence electrons. The van der Waals surface area contributed by atoms with Gasteiger partial charge in [-0.25, -0.2) is 0 Å². The maximum Gasteiger partial charge on any atom is 0.193 e. The number of likely N-dealkylation sites (N-methyl/N-ethyl adjacent to an activating group) is 1. The van der Waals surface area contributed by atoms with Crippen molar-refractivity contribution in [2.45, 2.75) is 32.2 Å². The monoisotopic (exact) mass is 534 g/mol. The molecule has 1 aliphatic heterocycles. The van der Waals surface area contributed by atoms with Crippen LogP contribution in [0.5, 0.6) is 11.5 Å². The van der Waals surface area contributed by atoms with Gasteiger partial charge in [-0.3, -0.25) is 9.89 Å². The number of benzene rings is 1. The van der Waals surface area contributed by atoms with Crippen molar-refractivity contribution in [3.63, 3.8) is 0 Å². The van der Waals surface area contributed by atoms with Gasteiger partial charge in [0.25, 0.3) is 0 Å². The van der Waals surface area contributed by atoms with Crippen LogP contribution in [0.15, 0.2) is 23.2 Å². The van der Waals surface area contributed by atoms with Crippen LogP contribution in [0.4, 0.5) is 0 Å². The van der Waals surface area contributed by atoms with Gasteiger partial charge in [0, 0.05) is 39.8 Å². The van der Waals surface area contributed by atoms with Crippen LogP contribution in [-0.4, -0.2) is 89.5 Å². The third-order valence-electron chi connectivity index (χ3n) is 5.41. The highest BCUT2D eigenvalue weighted by Gasteiger charge is 2.24. The molecule has 1 heterocycles. The van der Waals surface area contributed by atoms with Crippen molar-refractivity contribution in [3.05, 3.63) is 23.8 Å². The number of guanidine groups is 1. The van der Waals surface area contributed by atoms with Gasteiger partial charge in [0.2, 0.25) is 0 Å². The summed E-state index contributed by atoms with van der Waals surface area (Å²) in [5.41, 5.74) is 1.21. The number of hydrogen-bond acceptors (Lipinski definition) is 5. The first kappa shape index (κ1) is 26.8. The van der Waals surface area contributed by atoms with Crippen LogP contribution in [-0.2, 0) is 11.2 Å². The summed E-state index contributed by atoms with van der Waals surface area (Å²) >= 11 is 0. The van der Waals surface area contributed by atoms with Crippen molar-refractivity contribution in [2.24, 2.45) is 4.99 Å². The Morgan fingerprint density at radius 2 is 2.00 bits per heavy atom. The van der Waals surface area contributed by atoms with Crippen molar-refractivity contribution >= 4 is 29.9 Å². The summed E-state index contributed by atoms with van der Waals surface area (Å²) < 4.78 is 16.0. The van der Waals surface area contributed by atoms with Crippen LogP contribution >= 0.6 is 24.0 Å². The molecule has 1 atom stereocenters. The van der Waals surface area contributed by atoms with Crippen LogP contribution in [0.25, 0.3) is 0 Å². The normalized spacial score (nSPS) is 16.8. The van der Waals surface area contributed by atoms with Gasteiger partial charge in [-0.2, -0.15) is 0 Å². The number of halogens is 1. The second-order valence-electron chi connectivity index (χ2n) is 7.38. The van der Waals surface area contributed by atoms with E-state index in [1.165, 1.54) is 18.4 Å². The summed E-state index contributed by atoms with van der Waals surface area (Å²) in [6.07, 6.45) is 3.36. The van der Waals surface area contributed by atoms with Gasteiger partial charge in [-0.05, 0) is 50.4 Å². The second-order valence-corrected chi connectivity index (χ2v) is 7.38. The lowest BCUT2D eigenvalue weighted by Gasteiger charge is -2.25. The molecule has 1 fully saturated rings. The molecule has 1 aliphatic rings. The van der Waals surface area contributed by atoms with Gasteiger partial charge in [0.15, 0.2) is 17.5 Å². The first-order valence-corrected chi connectivity index (χ1v) is 10.6. The molecule has 2 rings (SSSR count). The third kappa shape index (κ3) is 8.11. The molecule has 0 bridgehead atoms. The minimum atomic E-state index is 0. The fourth-order valence-electron chi connectivity index (χ4n) is 3.71. The molecule has 1 saturated heterocycles. The highest BCUT2D eigenvalue weighted by Crippen LogP contribution is 2.27.